The second-order valence-corrected chi connectivity index (χ2v) is 4.42. The molecule has 3 heteroatoms. The first-order chi connectivity index (χ1) is 9.77. The normalized spacial score (nSPS) is 11.5. The van der Waals surface area contributed by atoms with Crippen molar-refractivity contribution >= 4 is 0 Å². The van der Waals surface area contributed by atoms with Crippen LogP contribution < -0.4 is 0 Å². The summed E-state index contributed by atoms with van der Waals surface area (Å²) in [5.74, 6) is -1.44. The zero-order valence-corrected chi connectivity index (χ0v) is 11.7. The minimum atomic E-state index is -1.44. The zero-order chi connectivity index (χ0) is 14.3. The summed E-state index contributed by atoms with van der Waals surface area (Å²) in [5, 5.41) is 11.0. The standard InChI is InChI=1S/C17H20O3/c1-2-19-13-14-20-17(18,15-9-5-3-6-10-15)16-11-7-4-8-12-16/h3-12,18H,2,13-14H2,1H3. The third-order valence-electron chi connectivity index (χ3n) is 3.07. The molecule has 0 aliphatic carbocycles. The number of hydrogen-bond acceptors (Lipinski definition) is 3. The van der Waals surface area contributed by atoms with Gasteiger partial charge in [0.15, 0.2) is 0 Å². The highest BCUT2D eigenvalue weighted by molar-refractivity contribution is 5.33. The maximum absolute atomic E-state index is 11.0. The highest BCUT2D eigenvalue weighted by Crippen LogP contribution is 2.30. The highest BCUT2D eigenvalue weighted by Gasteiger charge is 2.32. The van der Waals surface area contributed by atoms with Crippen LogP contribution in [0.1, 0.15) is 18.1 Å². The molecule has 20 heavy (non-hydrogen) atoms. The fourth-order valence-corrected chi connectivity index (χ4v) is 2.05. The van der Waals surface area contributed by atoms with Crippen LogP contribution in [-0.4, -0.2) is 24.9 Å². The highest BCUT2D eigenvalue weighted by atomic mass is 16.6. The van der Waals surface area contributed by atoms with Crippen LogP contribution >= 0.6 is 0 Å². The van der Waals surface area contributed by atoms with Crippen LogP contribution in [0.25, 0.3) is 0 Å². The van der Waals surface area contributed by atoms with Crippen molar-refractivity contribution in [3.63, 3.8) is 0 Å². The van der Waals surface area contributed by atoms with Crippen LogP contribution in [0.2, 0.25) is 0 Å². The molecule has 106 valence electrons. The molecule has 0 heterocycles. The van der Waals surface area contributed by atoms with E-state index in [4.69, 9.17) is 9.47 Å². The summed E-state index contributed by atoms with van der Waals surface area (Å²) in [7, 11) is 0. The third-order valence-corrected chi connectivity index (χ3v) is 3.07. The number of benzene rings is 2. The summed E-state index contributed by atoms with van der Waals surface area (Å²) in [6, 6.07) is 18.8. The Labute approximate surface area is 119 Å². The first-order valence-electron chi connectivity index (χ1n) is 6.82. The van der Waals surface area contributed by atoms with Gasteiger partial charge in [0.25, 0.3) is 0 Å². The van der Waals surface area contributed by atoms with Crippen LogP contribution in [0.15, 0.2) is 60.7 Å². The fraction of sp³-hybridized carbons (Fsp3) is 0.294. The van der Waals surface area contributed by atoms with Crippen molar-refractivity contribution in [1.29, 1.82) is 0 Å². The molecule has 0 aromatic heterocycles. The molecule has 0 atom stereocenters. The van der Waals surface area contributed by atoms with E-state index >= 15 is 0 Å². The minimum absolute atomic E-state index is 0.328. The molecule has 0 saturated heterocycles. The van der Waals surface area contributed by atoms with E-state index in [0.717, 1.165) is 0 Å². The quantitative estimate of drug-likeness (QED) is 0.622. The molecule has 0 aliphatic heterocycles. The van der Waals surface area contributed by atoms with Gasteiger partial charge in [0.2, 0.25) is 5.79 Å². The van der Waals surface area contributed by atoms with Gasteiger partial charge in [0.1, 0.15) is 0 Å². The monoisotopic (exact) mass is 272 g/mol. The Kier molecular flexibility index (Phi) is 5.30. The summed E-state index contributed by atoms with van der Waals surface area (Å²) >= 11 is 0. The van der Waals surface area contributed by atoms with Crippen LogP contribution in [0.4, 0.5) is 0 Å². The number of aliphatic hydroxyl groups is 1. The van der Waals surface area contributed by atoms with Crippen LogP contribution in [0.3, 0.4) is 0 Å². The van der Waals surface area contributed by atoms with Crippen molar-refractivity contribution in [3.05, 3.63) is 71.8 Å². The predicted molar refractivity (Wildman–Crippen MR) is 78.3 cm³/mol. The lowest BCUT2D eigenvalue weighted by Crippen LogP contribution is -2.32. The summed E-state index contributed by atoms with van der Waals surface area (Å²) in [4.78, 5) is 0. The Balaban J connectivity index is 2.24. The van der Waals surface area contributed by atoms with Gasteiger partial charge < -0.3 is 14.6 Å². The van der Waals surface area contributed by atoms with Gasteiger partial charge >= 0.3 is 0 Å². The minimum Gasteiger partial charge on any atom is -0.379 e. The molecule has 0 spiro atoms. The SMILES string of the molecule is CCOCCOC(O)(c1ccccc1)c1ccccc1. The summed E-state index contributed by atoms with van der Waals surface area (Å²) in [6.45, 7) is 3.35. The van der Waals surface area contributed by atoms with Crippen LogP contribution in [0, 0.1) is 0 Å². The van der Waals surface area contributed by atoms with Gasteiger partial charge in [-0.15, -0.1) is 0 Å². The average Bonchev–Trinajstić information content (AvgIpc) is 2.53. The van der Waals surface area contributed by atoms with Crippen LogP contribution in [0.5, 0.6) is 0 Å². The maximum Gasteiger partial charge on any atom is 0.219 e. The molecule has 3 nitrogen and oxygen atoms in total. The molecule has 0 radical (unpaired) electrons. The second kappa shape index (κ2) is 7.20. The summed E-state index contributed by atoms with van der Waals surface area (Å²) in [5.41, 5.74) is 1.42. The summed E-state index contributed by atoms with van der Waals surface area (Å²) < 4.78 is 11.0. The Morgan fingerprint density at radius 3 is 1.80 bits per heavy atom. The second-order valence-electron chi connectivity index (χ2n) is 4.42. The third kappa shape index (κ3) is 3.45. The average molecular weight is 272 g/mol. The zero-order valence-electron chi connectivity index (χ0n) is 11.7. The molecule has 0 fully saturated rings. The maximum atomic E-state index is 11.0. The number of ether oxygens (including phenoxy) is 2. The van der Waals surface area contributed by atoms with E-state index in [1.54, 1.807) is 0 Å². The van der Waals surface area contributed by atoms with Crippen molar-refractivity contribution in [1.82, 2.24) is 0 Å². The molecule has 2 aromatic carbocycles. The lowest BCUT2D eigenvalue weighted by molar-refractivity contribution is -0.187. The van der Waals surface area contributed by atoms with Crippen LogP contribution in [-0.2, 0) is 15.3 Å². The van der Waals surface area contributed by atoms with E-state index in [0.29, 0.717) is 30.9 Å². The van der Waals surface area contributed by atoms with Crippen molar-refractivity contribution < 1.29 is 14.6 Å². The molecular formula is C17H20O3. The first-order valence-corrected chi connectivity index (χ1v) is 6.82. The Hall–Kier alpha value is -1.68. The molecule has 1 N–H and O–H groups in total. The fourth-order valence-electron chi connectivity index (χ4n) is 2.05. The molecule has 0 aliphatic rings. The topological polar surface area (TPSA) is 38.7 Å². The van der Waals surface area contributed by atoms with E-state index < -0.39 is 5.79 Å². The predicted octanol–water partition coefficient (Wildman–Crippen LogP) is 2.93. The Morgan fingerprint density at radius 2 is 1.35 bits per heavy atom. The molecule has 0 saturated carbocycles. The van der Waals surface area contributed by atoms with Gasteiger partial charge in [-0.25, -0.2) is 0 Å². The molecule has 0 unspecified atom stereocenters. The summed E-state index contributed by atoms with van der Waals surface area (Å²) in [6.07, 6.45) is 0. The van der Waals surface area contributed by atoms with E-state index in [2.05, 4.69) is 0 Å². The van der Waals surface area contributed by atoms with E-state index in [-0.39, 0.29) is 0 Å². The van der Waals surface area contributed by atoms with Gasteiger partial charge in [-0.1, -0.05) is 60.7 Å². The Morgan fingerprint density at radius 1 is 0.850 bits per heavy atom. The largest absolute Gasteiger partial charge is 0.379 e. The van der Waals surface area contributed by atoms with Gasteiger partial charge in [-0.3, -0.25) is 0 Å². The van der Waals surface area contributed by atoms with Gasteiger partial charge in [-0.05, 0) is 6.92 Å². The van der Waals surface area contributed by atoms with E-state index in [1.165, 1.54) is 0 Å². The van der Waals surface area contributed by atoms with Crippen molar-refractivity contribution in [2.45, 2.75) is 12.7 Å². The van der Waals surface area contributed by atoms with E-state index in [1.807, 2.05) is 67.6 Å². The van der Waals surface area contributed by atoms with Crippen molar-refractivity contribution in [2.75, 3.05) is 19.8 Å². The molecule has 2 aromatic rings. The lowest BCUT2D eigenvalue weighted by Gasteiger charge is -2.29. The molecule has 0 bridgehead atoms. The molecule has 2 rings (SSSR count). The smallest absolute Gasteiger partial charge is 0.219 e. The van der Waals surface area contributed by atoms with Crippen molar-refractivity contribution in [2.24, 2.45) is 0 Å². The van der Waals surface area contributed by atoms with Crippen molar-refractivity contribution in [3.8, 4) is 0 Å². The van der Waals surface area contributed by atoms with Gasteiger partial charge in [0, 0.05) is 17.7 Å². The number of rotatable bonds is 7. The molecule has 0 amide bonds. The molecular weight excluding hydrogens is 252 g/mol. The lowest BCUT2D eigenvalue weighted by atomic mass is 9.97. The number of hydrogen-bond donors (Lipinski definition) is 1. The first kappa shape index (κ1) is 14.7. The van der Waals surface area contributed by atoms with E-state index in [9.17, 15) is 5.11 Å². The van der Waals surface area contributed by atoms with Gasteiger partial charge in [0.05, 0.1) is 13.2 Å². The van der Waals surface area contributed by atoms with Gasteiger partial charge in [-0.2, -0.15) is 0 Å². The Bertz CT molecular complexity index is 457.